The predicted molar refractivity (Wildman–Crippen MR) is 94.4 cm³/mol. The third kappa shape index (κ3) is 3.49. The molecule has 0 N–H and O–H groups in total. The second-order valence-corrected chi connectivity index (χ2v) is 6.09. The largest absolute Gasteiger partial charge is 0.489 e. The van der Waals surface area contributed by atoms with Crippen molar-refractivity contribution in [2.45, 2.75) is 20.5 Å². The Morgan fingerprint density at radius 1 is 1.16 bits per heavy atom. The highest BCUT2D eigenvalue weighted by Gasteiger charge is 2.12. The van der Waals surface area contributed by atoms with Crippen molar-refractivity contribution in [1.82, 2.24) is 0 Å². The zero-order valence-electron chi connectivity index (χ0n) is 13.5. The Bertz CT molecular complexity index is 1040. The van der Waals surface area contributed by atoms with E-state index >= 15 is 0 Å². The minimum atomic E-state index is -0.479. The molecule has 0 bridgehead atoms. The van der Waals surface area contributed by atoms with Gasteiger partial charge in [-0.15, -0.1) is 0 Å². The van der Waals surface area contributed by atoms with E-state index in [0.29, 0.717) is 32.9 Å². The standard InChI is InChI=1S/C18H14ClNO5/c1-10-6-17-14(8-15(10)19)12(7-18(21)25-17)9-24-13-3-4-16(20(22)23)11(2)5-13/h3-8H,9H2,1-2H3. The van der Waals surface area contributed by atoms with Gasteiger partial charge in [0.1, 0.15) is 17.9 Å². The van der Waals surface area contributed by atoms with Crippen LogP contribution in [-0.4, -0.2) is 4.92 Å². The lowest BCUT2D eigenvalue weighted by Gasteiger charge is -2.10. The quantitative estimate of drug-likeness (QED) is 0.387. The average molecular weight is 360 g/mol. The maximum absolute atomic E-state index is 11.8. The molecule has 0 aliphatic rings. The molecule has 0 saturated carbocycles. The van der Waals surface area contributed by atoms with Gasteiger partial charge in [-0.25, -0.2) is 4.79 Å². The van der Waals surface area contributed by atoms with E-state index in [1.807, 2.05) is 6.92 Å². The number of benzene rings is 2. The van der Waals surface area contributed by atoms with Crippen molar-refractivity contribution in [3.05, 3.63) is 78.6 Å². The number of ether oxygens (including phenoxy) is 1. The van der Waals surface area contributed by atoms with E-state index in [2.05, 4.69) is 0 Å². The first-order chi connectivity index (χ1) is 11.8. The van der Waals surface area contributed by atoms with Crippen LogP contribution in [0.25, 0.3) is 11.0 Å². The van der Waals surface area contributed by atoms with Gasteiger partial charge in [-0.2, -0.15) is 0 Å². The molecule has 0 unspecified atom stereocenters. The number of nitro groups is 1. The highest BCUT2D eigenvalue weighted by molar-refractivity contribution is 6.32. The van der Waals surface area contributed by atoms with Crippen LogP contribution in [0.1, 0.15) is 16.7 Å². The van der Waals surface area contributed by atoms with Gasteiger partial charge >= 0.3 is 5.63 Å². The van der Waals surface area contributed by atoms with Gasteiger partial charge in [0.25, 0.3) is 5.69 Å². The lowest BCUT2D eigenvalue weighted by Crippen LogP contribution is -2.04. The first-order valence-electron chi connectivity index (χ1n) is 7.46. The van der Waals surface area contributed by atoms with Crippen molar-refractivity contribution in [1.29, 1.82) is 0 Å². The number of fused-ring (bicyclic) bond motifs is 1. The van der Waals surface area contributed by atoms with Gasteiger partial charge in [-0.05, 0) is 43.7 Å². The Morgan fingerprint density at radius 2 is 1.92 bits per heavy atom. The molecule has 0 aliphatic carbocycles. The summed E-state index contributed by atoms with van der Waals surface area (Å²) < 4.78 is 10.9. The molecular formula is C18H14ClNO5. The summed E-state index contributed by atoms with van der Waals surface area (Å²) in [5, 5.41) is 12.1. The monoisotopic (exact) mass is 359 g/mol. The van der Waals surface area contributed by atoms with Gasteiger partial charge in [0, 0.05) is 33.7 Å². The second-order valence-electron chi connectivity index (χ2n) is 5.68. The van der Waals surface area contributed by atoms with Crippen LogP contribution >= 0.6 is 11.6 Å². The lowest BCUT2D eigenvalue weighted by atomic mass is 10.1. The Labute approximate surface area is 147 Å². The number of nitro benzene ring substituents is 1. The summed E-state index contributed by atoms with van der Waals surface area (Å²) in [5.41, 5.74) is 1.92. The summed E-state index contributed by atoms with van der Waals surface area (Å²) in [7, 11) is 0. The molecule has 3 rings (SSSR count). The van der Waals surface area contributed by atoms with Crippen molar-refractivity contribution in [2.75, 3.05) is 0 Å². The predicted octanol–water partition coefficient (Wildman–Crippen LogP) is 4.55. The van der Waals surface area contributed by atoms with Gasteiger partial charge in [-0.3, -0.25) is 10.1 Å². The molecule has 1 heterocycles. The maximum atomic E-state index is 11.8. The fraction of sp³-hybridized carbons (Fsp3) is 0.167. The molecule has 0 fully saturated rings. The Kier molecular flexibility index (Phi) is 4.46. The molecule has 3 aromatic rings. The smallest absolute Gasteiger partial charge is 0.336 e. The molecule has 0 amide bonds. The number of aryl methyl sites for hydroxylation is 2. The van der Waals surface area contributed by atoms with E-state index < -0.39 is 10.5 Å². The van der Waals surface area contributed by atoms with E-state index in [0.717, 1.165) is 5.56 Å². The summed E-state index contributed by atoms with van der Waals surface area (Å²) in [6, 6.07) is 9.29. The van der Waals surface area contributed by atoms with E-state index in [9.17, 15) is 14.9 Å². The van der Waals surface area contributed by atoms with Crippen LogP contribution in [0.15, 0.2) is 45.6 Å². The van der Waals surface area contributed by atoms with Crippen molar-refractivity contribution in [2.24, 2.45) is 0 Å². The average Bonchev–Trinajstić information content (AvgIpc) is 2.54. The van der Waals surface area contributed by atoms with Crippen molar-refractivity contribution >= 4 is 28.3 Å². The van der Waals surface area contributed by atoms with E-state index in [1.54, 1.807) is 25.1 Å². The normalized spacial score (nSPS) is 10.8. The molecule has 128 valence electrons. The molecule has 1 aromatic heterocycles. The van der Waals surface area contributed by atoms with Gasteiger partial charge in [0.05, 0.1) is 4.92 Å². The Balaban J connectivity index is 1.93. The summed E-state index contributed by atoms with van der Waals surface area (Å²) in [4.78, 5) is 22.2. The topological polar surface area (TPSA) is 82.6 Å². The van der Waals surface area contributed by atoms with Crippen LogP contribution in [-0.2, 0) is 6.61 Å². The van der Waals surface area contributed by atoms with Crippen LogP contribution < -0.4 is 10.4 Å². The molecule has 0 atom stereocenters. The number of rotatable bonds is 4. The molecular weight excluding hydrogens is 346 g/mol. The number of hydrogen-bond acceptors (Lipinski definition) is 5. The molecule has 2 aromatic carbocycles. The fourth-order valence-corrected chi connectivity index (χ4v) is 2.72. The number of halogens is 1. The van der Waals surface area contributed by atoms with E-state index in [4.69, 9.17) is 20.8 Å². The van der Waals surface area contributed by atoms with Crippen molar-refractivity contribution in [3.63, 3.8) is 0 Å². The molecule has 7 heteroatoms. The van der Waals surface area contributed by atoms with Crippen LogP contribution in [0.5, 0.6) is 5.75 Å². The van der Waals surface area contributed by atoms with Crippen LogP contribution in [0, 0.1) is 24.0 Å². The van der Waals surface area contributed by atoms with Crippen molar-refractivity contribution < 1.29 is 14.1 Å². The van der Waals surface area contributed by atoms with E-state index in [-0.39, 0.29) is 12.3 Å². The minimum absolute atomic E-state index is 0.0282. The zero-order chi connectivity index (χ0) is 18.1. The molecule has 0 spiro atoms. The van der Waals surface area contributed by atoms with Crippen LogP contribution in [0.3, 0.4) is 0 Å². The summed E-state index contributed by atoms with van der Waals surface area (Å²) in [6.07, 6.45) is 0. The van der Waals surface area contributed by atoms with Crippen LogP contribution in [0.4, 0.5) is 5.69 Å². The minimum Gasteiger partial charge on any atom is -0.489 e. The first kappa shape index (κ1) is 17.0. The number of hydrogen-bond donors (Lipinski definition) is 0. The highest BCUT2D eigenvalue weighted by Crippen LogP contribution is 2.27. The number of nitrogens with zero attached hydrogens (tertiary/aromatic N) is 1. The first-order valence-corrected chi connectivity index (χ1v) is 7.83. The molecule has 0 saturated heterocycles. The third-order valence-corrected chi connectivity index (χ3v) is 4.28. The van der Waals surface area contributed by atoms with Gasteiger partial charge in [-0.1, -0.05) is 11.6 Å². The molecule has 6 nitrogen and oxygen atoms in total. The van der Waals surface area contributed by atoms with E-state index in [1.165, 1.54) is 18.2 Å². The SMILES string of the molecule is Cc1cc2oc(=O)cc(COc3ccc([N+](=O)[O-])c(C)c3)c2cc1Cl. The molecule has 0 aliphatic heterocycles. The fourth-order valence-electron chi connectivity index (χ4n) is 2.55. The molecule has 0 radical (unpaired) electrons. The molecule has 25 heavy (non-hydrogen) atoms. The summed E-state index contributed by atoms with van der Waals surface area (Å²) in [5.74, 6) is 0.475. The summed E-state index contributed by atoms with van der Waals surface area (Å²) >= 11 is 6.16. The van der Waals surface area contributed by atoms with Gasteiger partial charge in [0.2, 0.25) is 0 Å². The Hall–Kier alpha value is -2.86. The lowest BCUT2D eigenvalue weighted by molar-refractivity contribution is -0.385. The highest BCUT2D eigenvalue weighted by atomic mass is 35.5. The van der Waals surface area contributed by atoms with Crippen LogP contribution in [0.2, 0.25) is 5.02 Å². The van der Waals surface area contributed by atoms with Gasteiger partial charge < -0.3 is 9.15 Å². The van der Waals surface area contributed by atoms with Crippen molar-refractivity contribution in [3.8, 4) is 5.75 Å². The zero-order valence-corrected chi connectivity index (χ0v) is 14.3. The third-order valence-electron chi connectivity index (χ3n) is 3.87. The van der Waals surface area contributed by atoms with Gasteiger partial charge in [0.15, 0.2) is 0 Å². The maximum Gasteiger partial charge on any atom is 0.336 e. The Morgan fingerprint density at radius 3 is 2.60 bits per heavy atom. The summed E-state index contributed by atoms with van der Waals surface area (Å²) in [6.45, 7) is 3.57. The second kappa shape index (κ2) is 6.57.